The normalized spacial score (nSPS) is 10.4. The van der Waals surface area contributed by atoms with E-state index in [9.17, 15) is 9.59 Å². The number of hydrogen-bond acceptors (Lipinski definition) is 3. The van der Waals surface area contributed by atoms with E-state index >= 15 is 0 Å². The molecule has 0 aliphatic rings. The van der Waals surface area contributed by atoms with Crippen LogP contribution in [0.25, 0.3) is 0 Å². The van der Waals surface area contributed by atoms with Crippen LogP contribution in [0.1, 0.15) is 44.6 Å². The van der Waals surface area contributed by atoms with Crippen LogP contribution in [-0.4, -0.2) is 28.2 Å². The fourth-order valence-corrected chi connectivity index (χ4v) is 2.95. The van der Waals surface area contributed by atoms with E-state index in [1.807, 2.05) is 68.4 Å². The molecule has 0 atom stereocenters. The molecule has 1 aromatic heterocycles. The molecule has 1 heterocycles. The van der Waals surface area contributed by atoms with Crippen LogP contribution in [-0.2, 0) is 13.1 Å². The third kappa shape index (κ3) is 5.51. The summed E-state index contributed by atoms with van der Waals surface area (Å²) in [5.74, 6) is -0.490. The van der Waals surface area contributed by atoms with Crippen LogP contribution in [0.2, 0.25) is 0 Å². The number of aromatic nitrogens is 1. The number of carbonyl (C=O) groups excluding carboxylic acids is 2. The highest BCUT2D eigenvalue weighted by Gasteiger charge is 2.18. The molecule has 3 rings (SSSR count). The molecule has 0 saturated carbocycles. The molecule has 0 radical (unpaired) electrons. The van der Waals surface area contributed by atoms with Gasteiger partial charge >= 0.3 is 0 Å². The lowest BCUT2D eigenvalue weighted by molar-refractivity contribution is 0.0746. The van der Waals surface area contributed by atoms with Gasteiger partial charge in [0.1, 0.15) is 11.4 Å². The van der Waals surface area contributed by atoms with Gasteiger partial charge in [-0.2, -0.15) is 0 Å². The van der Waals surface area contributed by atoms with Crippen LogP contribution in [0.4, 0.5) is 0 Å². The molecule has 148 valence electrons. The van der Waals surface area contributed by atoms with Gasteiger partial charge in [-0.05, 0) is 37.1 Å². The van der Waals surface area contributed by atoms with Crippen LogP contribution in [0.3, 0.4) is 0 Å². The van der Waals surface area contributed by atoms with Crippen molar-refractivity contribution < 1.29 is 9.59 Å². The summed E-state index contributed by atoms with van der Waals surface area (Å²) < 4.78 is 0. The van der Waals surface area contributed by atoms with Crippen molar-refractivity contribution in [2.75, 3.05) is 6.54 Å². The zero-order valence-corrected chi connectivity index (χ0v) is 16.8. The van der Waals surface area contributed by atoms with Gasteiger partial charge in [0.15, 0.2) is 0 Å². The van der Waals surface area contributed by atoms with Gasteiger partial charge in [-0.3, -0.25) is 9.59 Å². The molecule has 5 heteroatoms. The highest BCUT2D eigenvalue weighted by Crippen LogP contribution is 2.10. The van der Waals surface area contributed by atoms with Crippen molar-refractivity contribution in [3.05, 3.63) is 101 Å². The predicted molar refractivity (Wildman–Crippen MR) is 113 cm³/mol. The van der Waals surface area contributed by atoms with Crippen molar-refractivity contribution in [2.24, 2.45) is 0 Å². The molecule has 1 N–H and O–H groups in total. The number of amides is 2. The van der Waals surface area contributed by atoms with Crippen molar-refractivity contribution >= 4 is 11.8 Å². The molecule has 0 spiro atoms. The molecule has 2 aromatic carbocycles. The maximum atomic E-state index is 12.9. The number of nitrogens with one attached hydrogen (secondary N) is 1. The van der Waals surface area contributed by atoms with Gasteiger partial charge in [0.2, 0.25) is 0 Å². The van der Waals surface area contributed by atoms with E-state index in [0.29, 0.717) is 19.6 Å². The number of nitrogens with zero attached hydrogens (tertiary/aromatic N) is 2. The molecule has 2 amide bonds. The summed E-state index contributed by atoms with van der Waals surface area (Å²) in [6.45, 7) is 5.42. The first-order valence-electron chi connectivity index (χ1n) is 9.71. The summed E-state index contributed by atoms with van der Waals surface area (Å²) in [7, 11) is 0. The zero-order valence-electron chi connectivity index (χ0n) is 16.8. The van der Waals surface area contributed by atoms with Crippen molar-refractivity contribution in [1.29, 1.82) is 0 Å². The molecular weight excluding hydrogens is 362 g/mol. The molecule has 5 nitrogen and oxygen atoms in total. The van der Waals surface area contributed by atoms with Gasteiger partial charge in [0, 0.05) is 19.6 Å². The third-order valence-electron chi connectivity index (χ3n) is 4.66. The molecule has 0 aliphatic heterocycles. The van der Waals surface area contributed by atoms with E-state index in [4.69, 9.17) is 0 Å². The molecule has 0 unspecified atom stereocenters. The summed E-state index contributed by atoms with van der Waals surface area (Å²) in [6, 6.07) is 22.7. The van der Waals surface area contributed by atoms with E-state index < -0.39 is 0 Å². The van der Waals surface area contributed by atoms with Gasteiger partial charge in [0.05, 0.1) is 0 Å². The molecule has 0 saturated heterocycles. The van der Waals surface area contributed by atoms with Gasteiger partial charge in [0.25, 0.3) is 11.8 Å². The number of aryl methyl sites for hydroxylation is 1. The smallest absolute Gasteiger partial charge is 0.272 e. The Morgan fingerprint density at radius 1 is 0.862 bits per heavy atom. The zero-order chi connectivity index (χ0) is 20.6. The highest BCUT2D eigenvalue weighted by molar-refractivity contribution is 5.96. The number of carbonyl (C=O) groups is 2. The molecule has 29 heavy (non-hydrogen) atoms. The first-order valence-corrected chi connectivity index (χ1v) is 9.71. The predicted octanol–water partition coefficient (Wildman–Crippen LogP) is 3.98. The average Bonchev–Trinajstić information content (AvgIpc) is 2.77. The van der Waals surface area contributed by atoms with E-state index in [2.05, 4.69) is 10.3 Å². The molecule has 0 bridgehead atoms. The second-order valence-corrected chi connectivity index (χ2v) is 6.88. The van der Waals surface area contributed by atoms with Gasteiger partial charge in [-0.25, -0.2) is 4.98 Å². The first kappa shape index (κ1) is 20.3. The lowest BCUT2D eigenvalue weighted by atomic mass is 10.1. The SMILES string of the molecule is CCN(Cc1ccccc1)C(=O)c1cccc(C(=O)NCc2ccc(C)cc2)n1. The minimum Gasteiger partial charge on any atom is -0.347 e. The van der Waals surface area contributed by atoms with Crippen LogP contribution < -0.4 is 5.32 Å². The monoisotopic (exact) mass is 387 g/mol. The van der Waals surface area contributed by atoms with Crippen molar-refractivity contribution in [3.8, 4) is 0 Å². The standard InChI is InChI=1S/C24H25N3O2/c1-3-27(17-20-8-5-4-6-9-20)24(29)22-11-7-10-21(26-22)23(28)25-16-19-14-12-18(2)13-15-19/h4-15H,3,16-17H2,1-2H3,(H,25,28). The number of rotatable bonds is 7. The molecule has 3 aromatic rings. The molecule has 0 fully saturated rings. The fourth-order valence-electron chi connectivity index (χ4n) is 2.95. The lowest BCUT2D eigenvalue weighted by Crippen LogP contribution is -2.32. The number of pyridine rings is 1. The van der Waals surface area contributed by atoms with E-state index in [0.717, 1.165) is 11.1 Å². The van der Waals surface area contributed by atoms with Crippen LogP contribution >= 0.6 is 0 Å². The van der Waals surface area contributed by atoms with Gasteiger partial charge in [-0.1, -0.05) is 66.2 Å². The van der Waals surface area contributed by atoms with Gasteiger partial charge in [-0.15, -0.1) is 0 Å². The molecule has 0 aliphatic carbocycles. The minimum absolute atomic E-state index is 0.190. The van der Waals surface area contributed by atoms with Crippen molar-refractivity contribution in [3.63, 3.8) is 0 Å². The first-order chi connectivity index (χ1) is 14.1. The highest BCUT2D eigenvalue weighted by atomic mass is 16.2. The Labute approximate surface area is 171 Å². The average molecular weight is 387 g/mol. The van der Waals surface area contributed by atoms with E-state index in [1.165, 1.54) is 5.56 Å². The number of benzene rings is 2. The maximum absolute atomic E-state index is 12.9. The molecular formula is C24H25N3O2. The summed E-state index contributed by atoms with van der Waals surface area (Å²) in [5.41, 5.74) is 3.74. The van der Waals surface area contributed by atoms with E-state index in [1.54, 1.807) is 23.1 Å². The maximum Gasteiger partial charge on any atom is 0.272 e. The Kier molecular flexibility index (Phi) is 6.74. The Bertz CT molecular complexity index is 969. The van der Waals surface area contributed by atoms with E-state index in [-0.39, 0.29) is 23.2 Å². The summed E-state index contributed by atoms with van der Waals surface area (Å²) >= 11 is 0. The van der Waals surface area contributed by atoms with Crippen LogP contribution in [0.15, 0.2) is 72.8 Å². The second-order valence-electron chi connectivity index (χ2n) is 6.88. The summed E-state index contributed by atoms with van der Waals surface area (Å²) in [5, 5.41) is 2.86. The Morgan fingerprint density at radius 2 is 1.55 bits per heavy atom. The Hall–Kier alpha value is -3.47. The van der Waals surface area contributed by atoms with Crippen LogP contribution in [0.5, 0.6) is 0 Å². The second kappa shape index (κ2) is 9.64. The van der Waals surface area contributed by atoms with Crippen LogP contribution in [0, 0.1) is 6.92 Å². The summed E-state index contributed by atoms with van der Waals surface area (Å²) in [6.07, 6.45) is 0. The van der Waals surface area contributed by atoms with Gasteiger partial charge < -0.3 is 10.2 Å². The Morgan fingerprint density at radius 3 is 2.24 bits per heavy atom. The minimum atomic E-state index is -0.300. The fraction of sp³-hybridized carbons (Fsp3) is 0.208. The lowest BCUT2D eigenvalue weighted by Gasteiger charge is -2.20. The quantitative estimate of drug-likeness (QED) is 0.667. The topological polar surface area (TPSA) is 62.3 Å². The third-order valence-corrected chi connectivity index (χ3v) is 4.66. The Balaban J connectivity index is 1.67. The largest absolute Gasteiger partial charge is 0.347 e. The van der Waals surface area contributed by atoms with Crippen molar-refractivity contribution in [2.45, 2.75) is 26.9 Å². The summed E-state index contributed by atoms with van der Waals surface area (Å²) in [4.78, 5) is 31.4. The number of hydrogen-bond donors (Lipinski definition) is 1. The van der Waals surface area contributed by atoms with Crippen molar-refractivity contribution in [1.82, 2.24) is 15.2 Å².